The fourth-order valence-electron chi connectivity index (χ4n) is 5.97. The average molecular weight is 545 g/mol. The molecule has 3 aliphatic rings. The smallest absolute Gasteiger partial charge is 0.279 e. The van der Waals surface area contributed by atoms with Gasteiger partial charge in [0.15, 0.2) is 28.7 Å². The van der Waals surface area contributed by atoms with E-state index in [1.165, 1.54) is 36.4 Å². The lowest BCUT2D eigenvalue weighted by Gasteiger charge is -2.47. The Morgan fingerprint density at radius 2 is 1.45 bits per heavy atom. The van der Waals surface area contributed by atoms with E-state index in [1.54, 1.807) is 12.1 Å². The maximum atomic E-state index is 11.0. The SMILES string of the molecule is Oc1ccc([C@H]2Oc3c(c(O)cc4c3[C@H]3C[C@](c5cc(O)c(O)c(O)c5)(Oc5ccccc53)O4)C[C@@H]2O)cc1O. The molecule has 0 fully saturated rings. The van der Waals surface area contributed by atoms with Crippen LogP contribution in [0.5, 0.6) is 51.7 Å². The van der Waals surface area contributed by atoms with Gasteiger partial charge in [0, 0.05) is 47.1 Å². The van der Waals surface area contributed by atoms with Crippen molar-refractivity contribution in [2.24, 2.45) is 0 Å². The Morgan fingerprint density at radius 1 is 0.725 bits per heavy atom. The third kappa shape index (κ3) is 3.39. The van der Waals surface area contributed by atoms with Crippen LogP contribution in [0.1, 0.15) is 46.3 Å². The van der Waals surface area contributed by atoms with Gasteiger partial charge in [-0.3, -0.25) is 0 Å². The zero-order chi connectivity index (χ0) is 27.9. The third-order valence-corrected chi connectivity index (χ3v) is 7.87. The molecule has 7 rings (SSSR count). The summed E-state index contributed by atoms with van der Waals surface area (Å²) in [7, 11) is 0. The van der Waals surface area contributed by atoms with Crippen LogP contribution in [-0.2, 0) is 12.2 Å². The van der Waals surface area contributed by atoms with Gasteiger partial charge in [0.2, 0.25) is 0 Å². The number of benzene rings is 4. The summed E-state index contributed by atoms with van der Waals surface area (Å²) < 4.78 is 19.2. The first-order chi connectivity index (χ1) is 19.1. The van der Waals surface area contributed by atoms with Crippen molar-refractivity contribution in [1.29, 1.82) is 0 Å². The number of aliphatic hydroxyl groups excluding tert-OH is 1. The Morgan fingerprint density at radius 3 is 2.20 bits per heavy atom. The Balaban J connectivity index is 1.42. The van der Waals surface area contributed by atoms with Crippen molar-refractivity contribution in [1.82, 2.24) is 0 Å². The van der Waals surface area contributed by atoms with Gasteiger partial charge < -0.3 is 50.0 Å². The minimum Gasteiger partial charge on any atom is -0.507 e. The highest BCUT2D eigenvalue weighted by Crippen LogP contribution is 2.60. The predicted octanol–water partition coefficient (Wildman–Crippen LogP) is 4.12. The maximum Gasteiger partial charge on any atom is 0.279 e. The molecule has 7 N–H and O–H groups in total. The summed E-state index contributed by atoms with van der Waals surface area (Å²) in [5, 5.41) is 72.2. The van der Waals surface area contributed by atoms with Gasteiger partial charge in [-0.1, -0.05) is 24.3 Å². The number of hydrogen-bond donors (Lipinski definition) is 7. The topological polar surface area (TPSA) is 169 Å². The van der Waals surface area contributed by atoms with Gasteiger partial charge in [-0.05, 0) is 35.9 Å². The van der Waals surface area contributed by atoms with E-state index in [1.807, 2.05) is 12.1 Å². The number of phenolic OH excluding ortho intramolecular Hbond substituents is 6. The molecular formula is C30H24O10. The maximum absolute atomic E-state index is 11.0. The molecule has 3 heterocycles. The Hall–Kier alpha value is -4.96. The monoisotopic (exact) mass is 544 g/mol. The van der Waals surface area contributed by atoms with Crippen molar-refractivity contribution in [2.45, 2.75) is 36.8 Å². The Bertz CT molecular complexity index is 1680. The van der Waals surface area contributed by atoms with Gasteiger partial charge in [0.1, 0.15) is 29.1 Å². The van der Waals surface area contributed by atoms with E-state index in [2.05, 4.69) is 0 Å². The van der Waals surface area contributed by atoms with E-state index < -0.39 is 41.2 Å². The number of rotatable bonds is 2. The second-order valence-electron chi connectivity index (χ2n) is 10.3. The third-order valence-electron chi connectivity index (χ3n) is 7.87. The Labute approximate surface area is 227 Å². The van der Waals surface area contributed by atoms with Crippen LogP contribution in [0, 0.1) is 0 Å². The molecule has 4 aromatic rings. The van der Waals surface area contributed by atoms with Gasteiger partial charge in [-0.25, -0.2) is 0 Å². The van der Waals surface area contributed by atoms with E-state index in [-0.39, 0.29) is 41.4 Å². The molecule has 40 heavy (non-hydrogen) atoms. The van der Waals surface area contributed by atoms with Crippen molar-refractivity contribution in [3.05, 3.63) is 88.5 Å². The van der Waals surface area contributed by atoms with Crippen LogP contribution >= 0.6 is 0 Å². The molecule has 2 bridgehead atoms. The highest BCUT2D eigenvalue weighted by atomic mass is 16.7. The van der Waals surface area contributed by atoms with Gasteiger partial charge >= 0.3 is 0 Å². The molecule has 0 amide bonds. The molecule has 10 heteroatoms. The molecule has 0 unspecified atom stereocenters. The van der Waals surface area contributed by atoms with Crippen molar-refractivity contribution >= 4 is 0 Å². The fraction of sp³-hybridized carbons (Fsp3) is 0.200. The zero-order valence-corrected chi connectivity index (χ0v) is 20.8. The van der Waals surface area contributed by atoms with Crippen LogP contribution in [0.2, 0.25) is 0 Å². The van der Waals surface area contributed by atoms with E-state index in [0.717, 1.165) is 5.56 Å². The van der Waals surface area contributed by atoms with Crippen molar-refractivity contribution < 1.29 is 50.0 Å². The number of fused-ring (bicyclic) bond motifs is 8. The van der Waals surface area contributed by atoms with Crippen LogP contribution in [0.25, 0.3) is 0 Å². The summed E-state index contributed by atoms with van der Waals surface area (Å²) >= 11 is 0. The Kier molecular flexibility index (Phi) is 4.98. The number of aliphatic hydroxyl groups is 1. The summed E-state index contributed by atoms with van der Waals surface area (Å²) in [6, 6.07) is 15.4. The molecule has 3 aliphatic heterocycles. The molecule has 4 aromatic carbocycles. The molecule has 4 atom stereocenters. The molecular weight excluding hydrogens is 520 g/mol. The van der Waals surface area contributed by atoms with E-state index in [4.69, 9.17) is 14.2 Å². The van der Waals surface area contributed by atoms with Crippen molar-refractivity contribution in [2.75, 3.05) is 0 Å². The minimum atomic E-state index is -1.54. The van der Waals surface area contributed by atoms with Crippen LogP contribution in [0.15, 0.2) is 60.7 Å². The number of aromatic hydroxyl groups is 6. The number of ether oxygens (including phenoxy) is 3. The second kappa shape index (κ2) is 8.27. The van der Waals surface area contributed by atoms with E-state index >= 15 is 0 Å². The zero-order valence-electron chi connectivity index (χ0n) is 20.8. The van der Waals surface area contributed by atoms with E-state index in [0.29, 0.717) is 28.2 Å². The lowest BCUT2D eigenvalue weighted by atomic mass is 9.76. The van der Waals surface area contributed by atoms with Crippen molar-refractivity contribution in [3.63, 3.8) is 0 Å². The first kappa shape index (κ1) is 24.1. The summed E-state index contributed by atoms with van der Waals surface area (Å²) in [6.07, 6.45) is -1.74. The summed E-state index contributed by atoms with van der Waals surface area (Å²) in [5.41, 5.74) is 2.50. The van der Waals surface area contributed by atoms with Gasteiger partial charge in [0.05, 0.1) is 6.10 Å². The van der Waals surface area contributed by atoms with Crippen LogP contribution in [-0.4, -0.2) is 41.8 Å². The number of phenols is 6. The molecule has 0 radical (unpaired) electrons. The van der Waals surface area contributed by atoms with Crippen LogP contribution < -0.4 is 14.2 Å². The molecule has 0 aromatic heterocycles. The van der Waals surface area contributed by atoms with E-state index in [9.17, 15) is 35.7 Å². The summed E-state index contributed by atoms with van der Waals surface area (Å²) in [6.45, 7) is 0. The highest BCUT2D eigenvalue weighted by molar-refractivity contribution is 5.65. The van der Waals surface area contributed by atoms with Crippen LogP contribution in [0.4, 0.5) is 0 Å². The minimum absolute atomic E-state index is 0.0521. The molecule has 0 spiro atoms. The normalized spacial score (nSPS) is 24.0. The lowest BCUT2D eigenvalue weighted by molar-refractivity contribution is -0.149. The summed E-state index contributed by atoms with van der Waals surface area (Å²) in [4.78, 5) is 0. The average Bonchev–Trinajstić information content (AvgIpc) is 2.93. The highest BCUT2D eigenvalue weighted by Gasteiger charge is 2.52. The summed E-state index contributed by atoms with van der Waals surface area (Å²) in [5.74, 6) is -3.49. The number of hydrogen-bond acceptors (Lipinski definition) is 10. The lowest BCUT2D eigenvalue weighted by Crippen LogP contribution is -2.47. The standard InChI is InChI=1S/C30H24O10/c31-18-6-5-13(7-20(18)33)28-23(36)10-16-19(32)11-25-26(29(16)38-28)17-12-30(40-25,39-24-4-2-1-3-15(17)24)14-8-21(34)27(37)22(35)9-14/h1-9,11,17,23,28,31-37H,10,12H2/t17-,23-,28+,30-/m0/s1. The molecule has 204 valence electrons. The van der Waals surface area contributed by atoms with Gasteiger partial charge in [-0.15, -0.1) is 0 Å². The molecule has 0 aliphatic carbocycles. The quantitative estimate of drug-likeness (QED) is 0.182. The fourth-order valence-corrected chi connectivity index (χ4v) is 5.97. The van der Waals surface area contributed by atoms with Gasteiger partial charge in [0.25, 0.3) is 5.79 Å². The molecule has 0 saturated heterocycles. The van der Waals surface area contributed by atoms with Crippen molar-refractivity contribution in [3.8, 4) is 51.7 Å². The first-order valence-corrected chi connectivity index (χ1v) is 12.6. The van der Waals surface area contributed by atoms with Crippen LogP contribution in [0.3, 0.4) is 0 Å². The molecule has 10 nitrogen and oxygen atoms in total. The molecule has 0 saturated carbocycles. The predicted molar refractivity (Wildman–Crippen MR) is 138 cm³/mol. The number of para-hydroxylation sites is 1. The first-order valence-electron chi connectivity index (χ1n) is 12.6. The second-order valence-corrected chi connectivity index (χ2v) is 10.3. The van der Waals surface area contributed by atoms with Gasteiger partial charge in [-0.2, -0.15) is 0 Å². The largest absolute Gasteiger partial charge is 0.507 e.